The van der Waals surface area contributed by atoms with Crippen molar-refractivity contribution in [3.63, 3.8) is 0 Å². The van der Waals surface area contributed by atoms with Gasteiger partial charge < -0.3 is 4.74 Å². The second-order valence-electron chi connectivity index (χ2n) is 2.86. The first-order valence-electron chi connectivity index (χ1n) is 4.13. The molecule has 2 nitrogen and oxygen atoms in total. The van der Waals surface area contributed by atoms with Gasteiger partial charge in [-0.25, -0.2) is 0 Å². The molecule has 0 radical (unpaired) electrons. The molecule has 1 N–H and O–H groups in total. The lowest BCUT2D eigenvalue weighted by atomic mass is 10.2. The SMILES string of the molecule is FC(F)(F)COc1cccc(CNI)c1. The van der Waals surface area contributed by atoms with E-state index < -0.39 is 12.8 Å². The van der Waals surface area contributed by atoms with Crippen molar-refractivity contribution in [2.24, 2.45) is 0 Å². The Morgan fingerprint density at radius 2 is 2.07 bits per heavy atom. The van der Waals surface area contributed by atoms with Crippen LogP contribution in [0.4, 0.5) is 13.2 Å². The van der Waals surface area contributed by atoms with Crippen molar-refractivity contribution in [3.8, 4) is 5.75 Å². The van der Waals surface area contributed by atoms with E-state index in [2.05, 4.69) is 8.27 Å². The van der Waals surface area contributed by atoms with Gasteiger partial charge in [-0.05, 0) is 17.7 Å². The molecule has 0 fully saturated rings. The van der Waals surface area contributed by atoms with E-state index in [1.54, 1.807) is 12.1 Å². The smallest absolute Gasteiger partial charge is 0.422 e. The second-order valence-corrected chi connectivity index (χ2v) is 3.62. The zero-order valence-electron chi connectivity index (χ0n) is 7.64. The maximum absolute atomic E-state index is 11.9. The van der Waals surface area contributed by atoms with Crippen LogP contribution < -0.4 is 8.27 Å². The average molecular weight is 331 g/mol. The highest BCUT2D eigenvalue weighted by Gasteiger charge is 2.28. The van der Waals surface area contributed by atoms with Crippen molar-refractivity contribution in [2.45, 2.75) is 12.7 Å². The molecule has 0 spiro atoms. The topological polar surface area (TPSA) is 21.3 Å². The summed E-state index contributed by atoms with van der Waals surface area (Å²) in [5.74, 6) is 0.233. The van der Waals surface area contributed by atoms with Gasteiger partial charge >= 0.3 is 6.18 Å². The number of rotatable bonds is 4. The van der Waals surface area contributed by atoms with E-state index in [4.69, 9.17) is 0 Å². The minimum Gasteiger partial charge on any atom is -0.484 e. The van der Waals surface area contributed by atoms with E-state index in [1.807, 2.05) is 28.9 Å². The van der Waals surface area contributed by atoms with Gasteiger partial charge in [0, 0.05) is 29.4 Å². The van der Waals surface area contributed by atoms with Crippen LogP contribution >= 0.6 is 22.9 Å². The van der Waals surface area contributed by atoms with Crippen molar-refractivity contribution in [1.29, 1.82) is 0 Å². The van der Waals surface area contributed by atoms with Gasteiger partial charge in [-0.1, -0.05) is 12.1 Å². The van der Waals surface area contributed by atoms with Gasteiger partial charge in [0.05, 0.1) is 0 Å². The van der Waals surface area contributed by atoms with Gasteiger partial charge in [-0.3, -0.25) is 3.53 Å². The summed E-state index contributed by atoms with van der Waals surface area (Å²) in [5, 5.41) is 0. The molecule has 1 rings (SSSR count). The molecule has 1 aromatic carbocycles. The van der Waals surface area contributed by atoms with Gasteiger partial charge in [0.2, 0.25) is 0 Å². The summed E-state index contributed by atoms with van der Waals surface area (Å²) < 4.78 is 43.0. The standard InChI is InChI=1S/C9H9F3INO/c10-9(11,12)6-15-8-3-1-2-7(4-8)5-14-13/h1-4,14H,5-6H2. The molecule has 84 valence electrons. The Morgan fingerprint density at radius 3 is 2.67 bits per heavy atom. The Kier molecular flexibility index (Phi) is 4.65. The van der Waals surface area contributed by atoms with Crippen molar-refractivity contribution in [2.75, 3.05) is 6.61 Å². The molecular weight excluding hydrogens is 322 g/mol. The number of hydrogen-bond donors (Lipinski definition) is 1. The predicted molar refractivity (Wildman–Crippen MR) is 58.9 cm³/mol. The summed E-state index contributed by atoms with van der Waals surface area (Å²) in [6, 6.07) is 6.56. The molecule has 1 aromatic rings. The number of benzene rings is 1. The minimum absolute atomic E-state index is 0.233. The van der Waals surface area contributed by atoms with Crippen LogP contribution in [-0.4, -0.2) is 12.8 Å². The third-order valence-corrected chi connectivity index (χ3v) is 1.95. The Labute approximate surface area is 99.3 Å². The highest BCUT2D eigenvalue weighted by Crippen LogP contribution is 2.19. The first-order chi connectivity index (χ1) is 7.01. The highest BCUT2D eigenvalue weighted by atomic mass is 127. The lowest BCUT2D eigenvalue weighted by Gasteiger charge is -2.09. The molecule has 0 amide bonds. The maximum Gasteiger partial charge on any atom is 0.422 e. The van der Waals surface area contributed by atoms with Crippen LogP contribution in [0.1, 0.15) is 5.56 Å². The Morgan fingerprint density at radius 1 is 1.33 bits per heavy atom. The van der Waals surface area contributed by atoms with Gasteiger partial charge in [0.1, 0.15) is 5.75 Å². The van der Waals surface area contributed by atoms with Crippen LogP contribution in [0.3, 0.4) is 0 Å². The van der Waals surface area contributed by atoms with Crippen LogP contribution in [0.15, 0.2) is 24.3 Å². The lowest BCUT2D eigenvalue weighted by Crippen LogP contribution is -2.19. The summed E-state index contributed by atoms with van der Waals surface area (Å²) in [5.41, 5.74) is 0.879. The van der Waals surface area contributed by atoms with Crippen LogP contribution in [-0.2, 0) is 6.54 Å². The van der Waals surface area contributed by atoms with E-state index in [-0.39, 0.29) is 5.75 Å². The van der Waals surface area contributed by atoms with Crippen LogP contribution in [0.2, 0.25) is 0 Å². The second kappa shape index (κ2) is 5.55. The summed E-state index contributed by atoms with van der Waals surface area (Å²) in [7, 11) is 0. The largest absolute Gasteiger partial charge is 0.484 e. The molecule has 0 saturated heterocycles. The number of hydrogen-bond acceptors (Lipinski definition) is 2. The van der Waals surface area contributed by atoms with Crippen LogP contribution in [0.25, 0.3) is 0 Å². The zero-order chi connectivity index (χ0) is 11.3. The minimum atomic E-state index is -4.29. The summed E-state index contributed by atoms with van der Waals surface area (Å²) in [6.07, 6.45) is -4.29. The van der Waals surface area contributed by atoms with E-state index in [0.29, 0.717) is 6.54 Å². The van der Waals surface area contributed by atoms with Gasteiger partial charge in [0.15, 0.2) is 6.61 Å². The zero-order valence-corrected chi connectivity index (χ0v) is 9.80. The number of ether oxygens (including phenoxy) is 1. The molecule has 15 heavy (non-hydrogen) atoms. The molecule has 0 unspecified atom stereocenters. The molecule has 0 aliphatic rings. The van der Waals surface area contributed by atoms with E-state index in [1.165, 1.54) is 6.07 Å². The molecule has 0 bridgehead atoms. The first-order valence-corrected chi connectivity index (χ1v) is 5.21. The van der Waals surface area contributed by atoms with Gasteiger partial charge in [-0.15, -0.1) is 0 Å². The average Bonchev–Trinajstić information content (AvgIpc) is 2.15. The van der Waals surface area contributed by atoms with Crippen LogP contribution in [0, 0.1) is 0 Å². The Bertz CT molecular complexity index is 316. The number of halogens is 4. The van der Waals surface area contributed by atoms with Crippen molar-refractivity contribution >= 4 is 22.9 Å². The summed E-state index contributed by atoms with van der Waals surface area (Å²) in [4.78, 5) is 0. The molecule has 6 heteroatoms. The lowest BCUT2D eigenvalue weighted by molar-refractivity contribution is -0.153. The quantitative estimate of drug-likeness (QED) is 0.676. The first kappa shape index (κ1) is 12.6. The highest BCUT2D eigenvalue weighted by molar-refractivity contribution is 14.1. The number of nitrogens with one attached hydrogen (secondary N) is 1. The van der Waals surface area contributed by atoms with Gasteiger partial charge in [0.25, 0.3) is 0 Å². The van der Waals surface area contributed by atoms with Crippen LogP contribution in [0.5, 0.6) is 5.75 Å². The maximum atomic E-state index is 11.9. The molecule has 0 aliphatic carbocycles. The summed E-state index contributed by atoms with van der Waals surface area (Å²) >= 11 is 1.97. The third-order valence-electron chi connectivity index (χ3n) is 1.57. The van der Waals surface area contributed by atoms with Crippen molar-refractivity contribution in [1.82, 2.24) is 3.53 Å². The third kappa shape index (κ3) is 5.22. The molecular formula is C9H9F3INO. The monoisotopic (exact) mass is 331 g/mol. The van der Waals surface area contributed by atoms with Gasteiger partial charge in [-0.2, -0.15) is 13.2 Å². The fraction of sp³-hybridized carbons (Fsp3) is 0.333. The van der Waals surface area contributed by atoms with Crippen molar-refractivity contribution < 1.29 is 17.9 Å². The van der Waals surface area contributed by atoms with E-state index in [9.17, 15) is 13.2 Å². The fourth-order valence-corrected chi connectivity index (χ4v) is 1.43. The fourth-order valence-electron chi connectivity index (χ4n) is 0.988. The van der Waals surface area contributed by atoms with E-state index >= 15 is 0 Å². The molecule has 0 atom stereocenters. The molecule has 0 saturated carbocycles. The summed E-state index contributed by atoms with van der Waals surface area (Å²) in [6.45, 7) is -0.669. The van der Waals surface area contributed by atoms with E-state index in [0.717, 1.165) is 5.56 Å². The normalized spacial score (nSPS) is 11.5. The molecule has 0 aliphatic heterocycles. The predicted octanol–water partition coefficient (Wildman–Crippen LogP) is 3.07. The van der Waals surface area contributed by atoms with Crippen molar-refractivity contribution in [3.05, 3.63) is 29.8 Å². The molecule has 0 heterocycles. The Balaban J connectivity index is 2.57. The molecule has 0 aromatic heterocycles. The Hall–Kier alpha value is -0.500. The number of alkyl halides is 3.